The fourth-order valence-electron chi connectivity index (χ4n) is 1.80. The normalized spacial score (nSPS) is 16.0. The molecule has 1 aromatic heterocycles. The molecule has 2 rings (SSSR count). The number of hydrogen-bond acceptors (Lipinski definition) is 4. The van der Waals surface area contributed by atoms with Crippen LogP contribution in [-0.4, -0.2) is 40.3 Å². The predicted octanol–water partition coefficient (Wildman–Crippen LogP) is 1.39. The predicted molar refractivity (Wildman–Crippen MR) is 61.7 cm³/mol. The molecule has 5 heteroatoms. The summed E-state index contributed by atoms with van der Waals surface area (Å²) in [6.07, 6.45) is 2.23. The van der Waals surface area contributed by atoms with E-state index < -0.39 is 5.60 Å². The highest BCUT2D eigenvalue weighted by Gasteiger charge is 2.30. The Morgan fingerprint density at radius 1 is 1.65 bits per heavy atom. The quantitative estimate of drug-likeness (QED) is 0.861. The van der Waals surface area contributed by atoms with E-state index in [1.54, 1.807) is 27.0 Å². The van der Waals surface area contributed by atoms with Gasteiger partial charge in [0.1, 0.15) is 5.76 Å². The van der Waals surface area contributed by atoms with Crippen molar-refractivity contribution < 1.29 is 14.4 Å². The monoisotopic (exact) mass is 238 g/mol. The molecule has 0 atom stereocenters. The van der Waals surface area contributed by atoms with Crippen molar-refractivity contribution in [2.45, 2.75) is 38.2 Å². The van der Waals surface area contributed by atoms with Gasteiger partial charge in [0.25, 0.3) is 5.91 Å². The summed E-state index contributed by atoms with van der Waals surface area (Å²) >= 11 is 0. The van der Waals surface area contributed by atoms with Crippen molar-refractivity contribution in [1.82, 2.24) is 10.1 Å². The van der Waals surface area contributed by atoms with Gasteiger partial charge in [-0.15, -0.1) is 0 Å². The van der Waals surface area contributed by atoms with Gasteiger partial charge in [0.05, 0.1) is 5.60 Å². The Kier molecular flexibility index (Phi) is 2.95. The molecular formula is C12H18N2O3. The highest BCUT2D eigenvalue weighted by Crippen LogP contribution is 2.40. The van der Waals surface area contributed by atoms with E-state index in [0.29, 0.717) is 11.6 Å². The first-order valence-corrected chi connectivity index (χ1v) is 5.81. The van der Waals surface area contributed by atoms with Crippen LogP contribution in [0.1, 0.15) is 48.9 Å². The zero-order valence-corrected chi connectivity index (χ0v) is 10.4. The molecule has 1 saturated carbocycles. The molecule has 5 nitrogen and oxygen atoms in total. The van der Waals surface area contributed by atoms with Crippen LogP contribution >= 0.6 is 0 Å². The maximum atomic E-state index is 12.0. The minimum Gasteiger partial charge on any atom is -0.389 e. The van der Waals surface area contributed by atoms with Crippen LogP contribution in [-0.2, 0) is 0 Å². The number of likely N-dealkylation sites (N-methyl/N-ethyl adjacent to an activating group) is 1. The lowest BCUT2D eigenvalue weighted by atomic mass is 10.1. The summed E-state index contributed by atoms with van der Waals surface area (Å²) < 4.78 is 5.13. The summed E-state index contributed by atoms with van der Waals surface area (Å²) in [7, 11) is 1.64. The first kappa shape index (κ1) is 12.1. The minimum atomic E-state index is -0.909. The van der Waals surface area contributed by atoms with Gasteiger partial charge in [0.15, 0.2) is 5.69 Å². The van der Waals surface area contributed by atoms with Gasteiger partial charge in [0.2, 0.25) is 0 Å². The molecular weight excluding hydrogens is 220 g/mol. The molecule has 0 unspecified atom stereocenters. The molecule has 17 heavy (non-hydrogen) atoms. The van der Waals surface area contributed by atoms with E-state index in [0.717, 1.165) is 18.6 Å². The molecule has 1 heterocycles. The van der Waals surface area contributed by atoms with Crippen LogP contribution in [0.3, 0.4) is 0 Å². The SMILES string of the molecule is CN(CC(C)(C)O)C(=O)c1cc(C2CC2)on1. The fraction of sp³-hybridized carbons (Fsp3) is 0.667. The summed E-state index contributed by atoms with van der Waals surface area (Å²) in [6.45, 7) is 3.59. The second kappa shape index (κ2) is 4.14. The zero-order valence-electron chi connectivity index (χ0n) is 10.4. The first-order chi connectivity index (χ1) is 7.87. The number of amides is 1. The van der Waals surface area contributed by atoms with Gasteiger partial charge < -0.3 is 14.5 Å². The molecule has 1 aliphatic carbocycles. The van der Waals surface area contributed by atoms with Crippen molar-refractivity contribution in [3.63, 3.8) is 0 Å². The Morgan fingerprint density at radius 3 is 2.82 bits per heavy atom. The molecule has 1 N–H and O–H groups in total. The van der Waals surface area contributed by atoms with Gasteiger partial charge >= 0.3 is 0 Å². The van der Waals surface area contributed by atoms with Gasteiger partial charge in [-0.2, -0.15) is 0 Å². The highest BCUT2D eigenvalue weighted by atomic mass is 16.5. The number of carbonyl (C=O) groups excluding carboxylic acids is 1. The van der Waals surface area contributed by atoms with Crippen LogP contribution < -0.4 is 0 Å². The second-order valence-electron chi connectivity index (χ2n) is 5.36. The summed E-state index contributed by atoms with van der Waals surface area (Å²) in [5.41, 5.74) is -0.591. The summed E-state index contributed by atoms with van der Waals surface area (Å²) in [5, 5.41) is 13.4. The lowest BCUT2D eigenvalue weighted by molar-refractivity contribution is 0.0362. The van der Waals surface area contributed by atoms with Crippen LogP contribution in [0.2, 0.25) is 0 Å². The topological polar surface area (TPSA) is 66.6 Å². The van der Waals surface area contributed by atoms with Crippen LogP contribution in [0.15, 0.2) is 10.6 Å². The number of hydrogen-bond donors (Lipinski definition) is 1. The van der Waals surface area contributed by atoms with Gasteiger partial charge in [-0.05, 0) is 26.7 Å². The van der Waals surface area contributed by atoms with Crippen LogP contribution in [0.25, 0.3) is 0 Å². The maximum Gasteiger partial charge on any atom is 0.275 e. The Hall–Kier alpha value is -1.36. The Labute approximate surface area is 100 Å². The standard InChI is InChI=1S/C12H18N2O3/c1-12(2,16)7-14(3)11(15)9-6-10(17-13-9)8-4-5-8/h6,8,16H,4-5,7H2,1-3H3. The van der Waals surface area contributed by atoms with Gasteiger partial charge in [-0.25, -0.2) is 0 Å². The molecule has 1 fully saturated rings. The number of aromatic nitrogens is 1. The number of rotatable bonds is 4. The third kappa shape index (κ3) is 3.06. The van der Waals surface area contributed by atoms with E-state index in [4.69, 9.17) is 4.52 Å². The van der Waals surface area contributed by atoms with E-state index in [9.17, 15) is 9.90 Å². The van der Waals surface area contributed by atoms with E-state index in [2.05, 4.69) is 5.16 Å². The number of nitrogens with zero attached hydrogens (tertiary/aromatic N) is 2. The fourth-order valence-corrected chi connectivity index (χ4v) is 1.80. The van der Waals surface area contributed by atoms with E-state index >= 15 is 0 Å². The summed E-state index contributed by atoms with van der Waals surface area (Å²) in [6, 6.07) is 1.71. The maximum absolute atomic E-state index is 12.0. The molecule has 0 bridgehead atoms. The lowest BCUT2D eigenvalue weighted by Crippen LogP contribution is -2.39. The van der Waals surface area contributed by atoms with Crippen molar-refractivity contribution in [1.29, 1.82) is 0 Å². The Bertz CT molecular complexity index is 416. The Morgan fingerprint density at radius 2 is 2.29 bits per heavy atom. The molecule has 0 radical (unpaired) electrons. The molecule has 0 spiro atoms. The molecule has 1 aliphatic rings. The molecule has 0 saturated heterocycles. The molecule has 1 amide bonds. The van der Waals surface area contributed by atoms with Gasteiger partial charge in [-0.3, -0.25) is 4.79 Å². The van der Waals surface area contributed by atoms with E-state index in [1.807, 2.05) is 0 Å². The van der Waals surface area contributed by atoms with Crippen LogP contribution in [0, 0.1) is 0 Å². The number of carbonyl (C=O) groups is 1. The lowest BCUT2D eigenvalue weighted by Gasteiger charge is -2.24. The second-order valence-corrected chi connectivity index (χ2v) is 5.36. The third-order valence-corrected chi connectivity index (χ3v) is 2.70. The zero-order chi connectivity index (χ0) is 12.6. The first-order valence-electron chi connectivity index (χ1n) is 5.81. The minimum absolute atomic E-state index is 0.220. The van der Waals surface area contributed by atoms with Crippen LogP contribution in [0.4, 0.5) is 0 Å². The van der Waals surface area contributed by atoms with Crippen molar-refractivity contribution in [3.05, 3.63) is 17.5 Å². The smallest absolute Gasteiger partial charge is 0.275 e. The molecule has 1 aromatic rings. The van der Waals surface area contributed by atoms with Crippen molar-refractivity contribution >= 4 is 5.91 Å². The average molecular weight is 238 g/mol. The van der Waals surface area contributed by atoms with Crippen molar-refractivity contribution in [3.8, 4) is 0 Å². The van der Waals surface area contributed by atoms with Crippen molar-refractivity contribution in [2.24, 2.45) is 0 Å². The van der Waals surface area contributed by atoms with Gasteiger partial charge in [-0.1, -0.05) is 5.16 Å². The molecule has 94 valence electrons. The summed E-state index contributed by atoms with van der Waals surface area (Å²) in [5.74, 6) is 1.02. The largest absolute Gasteiger partial charge is 0.389 e. The number of aliphatic hydroxyl groups is 1. The summed E-state index contributed by atoms with van der Waals surface area (Å²) in [4.78, 5) is 13.4. The molecule has 0 aromatic carbocycles. The average Bonchev–Trinajstić information content (AvgIpc) is 2.93. The third-order valence-electron chi connectivity index (χ3n) is 2.70. The highest BCUT2D eigenvalue weighted by molar-refractivity contribution is 5.92. The van der Waals surface area contributed by atoms with E-state index in [-0.39, 0.29) is 12.5 Å². The van der Waals surface area contributed by atoms with Gasteiger partial charge in [0, 0.05) is 25.6 Å². The molecule has 0 aliphatic heterocycles. The van der Waals surface area contributed by atoms with Crippen molar-refractivity contribution in [2.75, 3.05) is 13.6 Å². The van der Waals surface area contributed by atoms with Crippen LogP contribution in [0.5, 0.6) is 0 Å². The van der Waals surface area contributed by atoms with E-state index in [1.165, 1.54) is 4.90 Å². The Balaban J connectivity index is 2.02.